The van der Waals surface area contributed by atoms with Crippen molar-refractivity contribution in [2.24, 2.45) is 10.3 Å². The van der Waals surface area contributed by atoms with Crippen molar-refractivity contribution >= 4 is 0 Å². The van der Waals surface area contributed by atoms with Crippen LogP contribution in [-0.4, -0.2) is 6.67 Å². The van der Waals surface area contributed by atoms with E-state index in [4.69, 9.17) is 1.41 Å². The first-order valence-electron chi connectivity index (χ1n) is 1.74. The molecule has 0 aromatic carbocycles. The zero-order chi connectivity index (χ0) is 4.41. The van der Waals surface area contributed by atoms with Crippen LogP contribution < -0.4 is 11.0 Å². The average Bonchev–Trinajstić information content (AvgIpc) is 1.86. The third-order valence-corrected chi connectivity index (χ3v) is 0.320. The normalized spacial score (nSPS) is 24.0. The lowest BCUT2D eigenvalue weighted by molar-refractivity contribution is 0.651. The number of rotatable bonds is 0. The van der Waals surface area contributed by atoms with E-state index in [9.17, 15) is 0 Å². The lowest BCUT2D eigenvalue weighted by Gasteiger charge is -1.77. The van der Waals surface area contributed by atoms with Crippen molar-refractivity contribution in [1.29, 1.82) is 0 Å². The summed E-state index contributed by atoms with van der Waals surface area (Å²) in [5.41, 5.74) is 3.31. The standard InChI is InChI=1S/CH4N4/c1-2-4-5-3-1/h1H2,(H,2,5)(H,3,4)/i/hD. The highest BCUT2D eigenvalue weighted by atomic mass is 15.7. The van der Waals surface area contributed by atoms with Gasteiger partial charge in [0.25, 0.3) is 0 Å². The molecule has 1 rings (SSSR count). The molecular weight excluding hydrogens is 68.0 g/mol. The summed E-state index contributed by atoms with van der Waals surface area (Å²) in [4.78, 5) is 0. The molecule has 0 unspecified atom stereocenters. The van der Waals surface area contributed by atoms with Gasteiger partial charge in [-0.05, 0) is 0 Å². The van der Waals surface area contributed by atoms with Crippen LogP contribution >= 0.6 is 0 Å². The second kappa shape index (κ2) is 0.984. The Morgan fingerprint density at radius 3 is 3.20 bits per heavy atom. The number of nitrogens with one attached hydrogen (secondary N) is 2. The fourth-order valence-corrected chi connectivity index (χ4v) is 0.158. The van der Waals surface area contributed by atoms with Crippen LogP contribution in [0.25, 0.3) is 0 Å². The predicted molar refractivity (Wildman–Crippen MR) is 16.0 cm³/mol. The Labute approximate surface area is 30.7 Å². The van der Waals surface area contributed by atoms with Gasteiger partial charge in [0.05, 0.1) is 0 Å². The summed E-state index contributed by atoms with van der Waals surface area (Å²) in [5.74, 6) is 0. The maximum Gasteiger partial charge on any atom is 0.207 e. The monoisotopic (exact) mass is 73.0 g/mol. The van der Waals surface area contributed by atoms with Gasteiger partial charge >= 0.3 is 0 Å². The molecule has 0 radical (unpaired) electrons. The molecule has 1 heterocycles. The van der Waals surface area contributed by atoms with Crippen molar-refractivity contribution < 1.29 is 1.41 Å². The Balaban J connectivity index is 2.38. The SMILES string of the molecule is [2H]N1N=NCN1. The number of hydrazine groups is 1. The van der Waals surface area contributed by atoms with Gasteiger partial charge in [-0.3, -0.25) is 0 Å². The second-order valence-corrected chi connectivity index (χ2v) is 0.647. The molecule has 1 aliphatic rings. The van der Waals surface area contributed by atoms with Crippen molar-refractivity contribution in [1.82, 2.24) is 11.0 Å². The van der Waals surface area contributed by atoms with E-state index in [0.717, 1.165) is 5.53 Å². The fraction of sp³-hybridized carbons (Fsp3) is 1.00. The minimum atomic E-state index is 0.434. The van der Waals surface area contributed by atoms with Crippen LogP contribution in [0.4, 0.5) is 0 Å². The van der Waals surface area contributed by atoms with Gasteiger partial charge in [0, 0.05) is 0 Å². The summed E-state index contributed by atoms with van der Waals surface area (Å²) in [7, 11) is 0. The average molecular weight is 73.1 g/mol. The Morgan fingerprint density at radius 2 is 3.00 bits per heavy atom. The van der Waals surface area contributed by atoms with E-state index in [1.165, 1.54) is 0 Å². The highest BCUT2D eigenvalue weighted by Gasteiger charge is 1.81. The van der Waals surface area contributed by atoms with E-state index in [1.54, 1.807) is 0 Å². The van der Waals surface area contributed by atoms with E-state index >= 15 is 0 Å². The zero-order valence-corrected chi connectivity index (χ0v) is 2.55. The molecule has 0 amide bonds. The lowest BCUT2D eigenvalue weighted by atomic mass is 11.2. The number of hydrogen-bond donors (Lipinski definition) is 2. The Kier molecular flexibility index (Phi) is 0.337. The molecule has 0 fully saturated rings. The van der Waals surface area contributed by atoms with Gasteiger partial charge < -0.3 is 0 Å². The highest BCUT2D eigenvalue weighted by Crippen LogP contribution is 1.68. The van der Waals surface area contributed by atoms with Crippen molar-refractivity contribution in [3.05, 3.63) is 0 Å². The molecule has 28 valence electrons. The topological polar surface area (TPSA) is 48.8 Å². The Morgan fingerprint density at radius 1 is 2.00 bits per heavy atom. The first-order valence-corrected chi connectivity index (χ1v) is 1.29. The molecule has 5 heavy (non-hydrogen) atoms. The molecule has 0 bridgehead atoms. The van der Waals surface area contributed by atoms with Crippen molar-refractivity contribution in [2.75, 3.05) is 6.67 Å². The molecular formula is CH4N4. The molecule has 4 heteroatoms. The van der Waals surface area contributed by atoms with Crippen molar-refractivity contribution in [2.45, 2.75) is 0 Å². The summed E-state index contributed by atoms with van der Waals surface area (Å²) in [6, 6.07) is 0. The molecule has 4 nitrogen and oxygen atoms in total. The zero-order valence-electron chi connectivity index (χ0n) is 3.55. The molecule has 0 spiro atoms. The van der Waals surface area contributed by atoms with Gasteiger partial charge in [-0.15, -0.1) is 0 Å². The van der Waals surface area contributed by atoms with Gasteiger partial charge in [-0.2, -0.15) is 10.5 Å². The molecule has 0 aromatic rings. The van der Waals surface area contributed by atoms with Gasteiger partial charge in [0.15, 0.2) is 0 Å². The lowest BCUT2D eigenvalue weighted by Crippen LogP contribution is -2.19. The van der Waals surface area contributed by atoms with Crippen LogP contribution in [0.2, 0.25) is 1.41 Å². The maximum atomic E-state index is 6.59. The summed E-state index contributed by atoms with van der Waals surface area (Å²) in [5, 5.41) is 6.67. The van der Waals surface area contributed by atoms with Crippen LogP contribution in [0.3, 0.4) is 0 Å². The second-order valence-electron chi connectivity index (χ2n) is 0.647. The first kappa shape index (κ1) is 1.71. The quantitative estimate of drug-likeness (QED) is 0.403. The molecule has 1 aliphatic heterocycles. The Bertz CT molecular complexity index is 69.9. The van der Waals surface area contributed by atoms with Crippen LogP contribution in [0.5, 0.6) is 0 Å². The summed E-state index contributed by atoms with van der Waals surface area (Å²) in [6.45, 7) is 0.434. The Hall–Kier alpha value is -0.640. The smallest absolute Gasteiger partial charge is 0.207 e. The van der Waals surface area contributed by atoms with Crippen LogP contribution in [-0.2, 0) is 0 Å². The fourth-order valence-electron chi connectivity index (χ4n) is 0.158. The van der Waals surface area contributed by atoms with Gasteiger partial charge in [-0.25, -0.2) is 5.53 Å². The molecule has 0 aliphatic carbocycles. The largest absolute Gasteiger partial charge is 0.223 e. The van der Waals surface area contributed by atoms with Crippen molar-refractivity contribution in [3.63, 3.8) is 0 Å². The van der Waals surface area contributed by atoms with Gasteiger partial charge in [0.1, 0.15) is 6.67 Å². The van der Waals surface area contributed by atoms with Crippen LogP contribution in [0, 0.1) is 0 Å². The van der Waals surface area contributed by atoms with E-state index in [2.05, 4.69) is 15.8 Å². The van der Waals surface area contributed by atoms with E-state index < -0.39 is 0 Å². The van der Waals surface area contributed by atoms with Gasteiger partial charge in [0.2, 0.25) is 1.41 Å². The summed E-state index contributed by atoms with van der Waals surface area (Å²) < 4.78 is 6.59. The van der Waals surface area contributed by atoms with E-state index in [-0.39, 0.29) is 0 Å². The minimum absolute atomic E-state index is 0.434. The predicted octanol–water partition coefficient (Wildman–Crippen LogP) is -0.581. The van der Waals surface area contributed by atoms with Crippen LogP contribution in [0.15, 0.2) is 10.3 Å². The maximum absolute atomic E-state index is 6.59. The highest BCUT2D eigenvalue weighted by molar-refractivity contribution is 4.31. The number of hydrogen-bond acceptors (Lipinski definition) is 4. The van der Waals surface area contributed by atoms with Crippen molar-refractivity contribution in [3.8, 4) is 0 Å². The van der Waals surface area contributed by atoms with Gasteiger partial charge in [-0.1, -0.05) is 5.22 Å². The summed E-state index contributed by atoms with van der Waals surface area (Å²) >= 11 is 0. The molecule has 0 saturated carbocycles. The van der Waals surface area contributed by atoms with Crippen LogP contribution in [0.1, 0.15) is 0 Å². The summed E-state index contributed by atoms with van der Waals surface area (Å²) in [6.07, 6.45) is 0. The molecule has 0 aromatic heterocycles. The molecule has 0 atom stereocenters. The molecule has 2 N–H and O–H groups in total. The third kappa shape index (κ3) is 0.327. The third-order valence-electron chi connectivity index (χ3n) is 0.320. The van der Waals surface area contributed by atoms with E-state index in [1.807, 2.05) is 0 Å². The first-order chi connectivity index (χ1) is 2.89. The number of nitrogens with zero attached hydrogens (tertiary/aromatic N) is 2. The molecule has 0 saturated heterocycles. The minimum Gasteiger partial charge on any atom is -0.223 e. The van der Waals surface area contributed by atoms with E-state index in [0.29, 0.717) is 6.67 Å².